The van der Waals surface area contributed by atoms with Gasteiger partial charge < -0.3 is 4.90 Å². The molecular weight excluding hydrogens is 404 g/mol. The highest BCUT2D eigenvalue weighted by Gasteiger charge is 2.32. The smallest absolute Gasteiger partial charge is 0.253 e. The second-order valence-electron chi connectivity index (χ2n) is 7.43. The third-order valence-electron chi connectivity index (χ3n) is 5.50. The van der Waals surface area contributed by atoms with Crippen LogP contribution in [0.15, 0.2) is 35.5 Å². The molecule has 2 aromatic heterocycles. The average Bonchev–Trinajstić information content (AvgIpc) is 2.91. The lowest BCUT2D eigenvalue weighted by Gasteiger charge is -2.22. The van der Waals surface area contributed by atoms with Gasteiger partial charge >= 0.3 is 0 Å². The number of amides is 1. The Balaban J connectivity index is 1.54. The number of aryl methyl sites for hydroxylation is 2. The first kappa shape index (κ1) is 20.4. The van der Waals surface area contributed by atoms with E-state index in [-0.39, 0.29) is 17.3 Å². The van der Waals surface area contributed by atoms with Gasteiger partial charge in [-0.1, -0.05) is 0 Å². The predicted octanol–water partition coefficient (Wildman–Crippen LogP) is 1.52. The van der Waals surface area contributed by atoms with E-state index in [2.05, 4.69) is 15.1 Å². The molecule has 10 heteroatoms. The molecule has 3 heterocycles. The van der Waals surface area contributed by atoms with E-state index >= 15 is 0 Å². The highest BCUT2D eigenvalue weighted by molar-refractivity contribution is 7.89. The molecule has 1 aliphatic heterocycles. The van der Waals surface area contributed by atoms with E-state index in [1.54, 1.807) is 61.1 Å². The maximum absolute atomic E-state index is 13.2. The molecule has 0 atom stereocenters. The third-order valence-corrected chi connectivity index (χ3v) is 7.65. The van der Waals surface area contributed by atoms with Crippen molar-refractivity contribution in [2.24, 2.45) is 7.05 Å². The van der Waals surface area contributed by atoms with Crippen molar-refractivity contribution in [3.8, 4) is 0 Å². The van der Waals surface area contributed by atoms with Gasteiger partial charge in [-0.05, 0) is 38.5 Å². The molecule has 0 unspecified atom stereocenters. The minimum atomic E-state index is -3.67. The molecule has 158 valence electrons. The summed E-state index contributed by atoms with van der Waals surface area (Å²) in [5.74, 6) is -0.129. The van der Waals surface area contributed by atoms with Crippen LogP contribution in [-0.4, -0.2) is 69.5 Å². The first-order chi connectivity index (χ1) is 14.3. The molecule has 30 heavy (non-hydrogen) atoms. The highest BCUT2D eigenvalue weighted by Crippen LogP contribution is 2.24. The minimum Gasteiger partial charge on any atom is -0.337 e. The summed E-state index contributed by atoms with van der Waals surface area (Å²) < 4.78 is 29.5. The number of rotatable bonds is 3. The zero-order valence-electron chi connectivity index (χ0n) is 17.2. The third kappa shape index (κ3) is 3.56. The van der Waals surface area contributed by atoms with E-state index in [1.807, 2.05) is 0 Å². The van der Waals surface area contributed by atoms with Crippen LogP contribution in [0.3, 0.4) is 0 Å². The molecule has 1 amide bonds. The maximum atomic E-state index is 13.2. The lowest BCUT2D eigenvalue weighted by molar-refractivity contribution is 0.0764. The summed E-state index contributed by atoms with van der Waals surface area (Å²) in [5, 5.41) is 4.24. The van der Waals surface area contributed by atoms with Crippen molar-refractivity contribution in [2.45, 2.75) is 25.2 Å². The molecule has 4 rings (SSSR count). The summed E-state index contributed by atoms with van der Waals surface area (Å²) in [6.07, 6.45) is 3.77. The minimum absolute atomic E-state index is 0.129. The Morgan fingerprint density at radius 1 is 1.00 bits per heavy atom. The molecule has 0 aliphatic carbocycles. The summed E-state index contributed by atoms with van der Waals surface area (Å²) >= 11 is 0. The second-order valence-corrected chi connectivity index (χ2v) is 9.31. The Hall–Kier alpha value is -2.85. The van der Waals surface area contributed by atoms with Crippen LogP contribution in [-0.2, 0) is 17.1 Å². The van der Waals surface area contributed by atoms with Gasteiger partial charge in [-0.2, -0.15) is 9.40 Å². The quantitative estimate of drug-likeness (QED) is 0.627. The molecule has 1 saturated heterocycles. The Morgan fingerprint density at radius 3 is 2.43 bits per heavy atom. The van der Waals surface area contributed by atoms with Gasteiger partial charge in [-0.3, -0.25) is 19.4 Å². The molecule has 3 aromatic rings. The molecular formula is C20H24N6O3S. The fraction of sp³-hybridized carbons (Fsp3) is 0.400. The monoisotopic (exact) mass is 428 g/mol. The molecule has 9 nitrogen and oxygen atoms in total. The van der Waals surface area contributed by atoms with Crippen molar-refractivity contribution >= 4 is 27.0 Å². The molecule has 0 saturated carbocycles. The number of carbonyl (C=O) groups is 1. The molecule has 0 radical (unpaired) electrons. The molecule has 0 N–H and O–H groups in total. The summed E-state index contributed by atoms with van der Waals surface area (Å²) in [4.78, 5) is 23.5. The van der Waals surface area contributed by atoms with Crippen LogP contribution in [0.25, 0.3) is 11.0 Å². The lowest BCUT2D eigenvalue weighted by Crippen LogP contribution is -2.37. The van der Waals surface area contributed by atoms with Gasteiger partial charge in [0.25, 0.3) is 5.91 Å². The topological polar surface area (TPSA) is 101 Å². The van der Waals surface area contributed by atoms with E-state index in [0.29, 0.717) is 48.5 Å². The molecule has 0 bridgehead atoms. The van der Waals surface area contributed by atoms with E-state index < -0.39 is 10.0 Å². The Labute approximate surface area is 175 Å². The van der Waals surface area contributed by atoms with Crippen LogP contribution in [0.2, 0.25) is 0 Å². The summed E-state index contributed by atoms with van der Waals surface area (Å²) in [7, 11) is -1.94. The first-order valence-corrected chi connectivity index (χ1v) is 11.2. The van der Waals surface area contributed by atoms with Crippen molar-refractivity contribution < 1.29 is 13.2 Å². The predicted molar refractivity (Wildman–Crippen MR) is 111 cm³/mol. The molecule has 1 aliphatic rings. The largest absolute Gasteiger partial charge is 0.337 e. The van der Waals surface area contributed by atoms with Crippen LogP contribution in [0.4, 0.5) is 0 Å². The van der Waals surface area contributed by atoms with Crippen LogP contribution in [0.1, 0.15) is 28.2 Å². The van der Waals surface area contributed by atoms with Gasteiger partial charge in [0.1, 0.15) is 4.90 Å². The van der Waals surface area contributed by atoms with Gasteiger partial charge in [-0.15, -0.1) is 0 Å². The molecule has 1 fully saturated rings. The van der Waals surface area contributed by atoms with Crippen molar-refractivity contribution in [1.29, 1.82) is 0 Å². The zero-order valence-corrected chi connectivity index (χ0v) is 18.1. The van der Waals surface area contributed by atoms with Gasteiger partial charge in [0.05, 0.1) is 22.4 Å². The lowest BCUT2D eigenvalue weighted by atomic mass is 10.1. The SMILES string of the molecule is Cc1nn(C)c(C)c1S(=O)(=O)N1CCCN(C(=O)c2ccc3nccnc3c2)CC1. The van der Waals surface area contributed by atoms with Crippen molar-refractivity contribution in [2.75, 3.05) is 26.2 Å². The van der Waals surface area contributed by atoms with E-state index in [9.17, 15) is 13.2 Å². The molecule has 0 spiro atoms. The fourth-order valence-electron chi connectivity index (χ4n) is 3.87. The van der Waals surface area contributed by atoms with Gasteiger partial charge in [0.2, 0.25) is 10.0 Å². The second kappa shape index (κ2) is 7.77. The maximum Gasteiger partial charge on any atom is 0.253 e. The van der Waals surface area contributed by atoms with Crippen LogP contribution >= 0.6 is 0 Å². The number of nitrogens with zero attached hydrogens (tertiary/aromatic N) is 6. The van der Waals surface area contributed by atoms with Gasteiger partial charge in [0.15, 0.2) is 0 Å². The number of hydrogen-bond donors (Lipinski definition) is 0. The Bertz CT molecular complexity index is 1220. The normalized spacial score (nSPS) is 16.0. The Morgan fingerprint density at radius 2 is 1.73 bits per heavy atom. The van der Waals surface area contributed by atoms with E-state index in [4.69, 9.17) is 0 Å². The van der Waals surface area contributed by atoms with Gasteiger partial charge in [0, 0.05) is 51.2 Å². The molecule has 1 aromatic carbocycles. The average molecular weight is 429 g/mol. The van der Waals surface area contributed by atoms with Crippen molar-refractivity contribution in [3.05, 3.63) is 47.5 Å². The summed E-state index contributed by atoms with van der Waals surface area (Å²) in [5.41, 5.74) is 3.01. The Kier molecular flexibility index (Phi) is 5.29. The number of benzene rings is 1. The number of hydrogen-bond acceptors (Lipinski definition) is 6. The standard InChI is InChI=1S/C20H24N6O3S/c1-14-19(15(2)24(3)23-14)30(28,29)26-10-4-9-25(11-12-26)20(27)16-5-6-17-18(13-16)22-8-7-21-17/h5-8,13H,4,9-12H2,1-3H3. The van der Waals surface area contributed by atoms with Crippen LogP contribution in [0, 0.1) is 13.8 Å². The van der Waals surface area contributed by atoms with Crippen LogP contribution in [0.5, 0.6) is 0 Å². The number of sulfonamides is 1. The number of carbonyl (C=O) groups excluding carboxylic acids is 1. The number of aromatic nitrogens is 4. The highest BCUT2D eigenvalue weighted by atomic mass is 32.2. The summed E-state index contributed by atoms with van der Waals surface area (Å²) in [6.45, 7) is 4.89. The first-order valence-electron chi connectivity index (χ1n) is 9.79. The van der Waals surface area contributed by atoms with E-state index in [1.165, 1.54) is 4.31 Å². The van der Waals surface area contributed by atoms with Crippen molar-refractivity contribution in [3.63, 3.8) is 0 Å². The number of fused-ring (bicyclic) bond motifs is 1. The van der Waals surface area contributed by atoms with Crippen molar-refractivity contribution in [1.82, 2.24) is 29.0 Å². The zero-order chi connectivity index (χ0) is 21.5. The summed E-state index contributed by atoms with van der Waals surface area (Å²) in [6, 6.07) is 5.24. The van der Waals surface area contributed by atoms with Crippen LogP contribution < -0.4 is 0 Å². The fourth-order valence-corrected chi connectivity index (χ4v) is 5.74. The van der Waals surface area contributed by atoms with E-state index in [0.717, 1.165) is 5.52 Å². The van der Waals surface area contributed by atoms with Gasteiger partial charge in [-0.25, -0.2) is 8.42 Å².